The lowest BCUT2D eigenvalue weighted by Gasteiger charge is -2.06. The Kier molecular flexibility index (Phi) is 7.21. The number of esters is 1. The van der Waals surface area contributed by atoms with Gasteiger partial charge in [0, 0.05) is 5.02 Å². The van der Waals surface area contributed by atoms with Crippen molar-refractivity contribution in [1.29, 1.82) is 0 Å². The lowest BCUT2D eigenvalue weighted by molar-refractivity contribution is -0.143. The van der Waals surface area contributed by atoms with Gasteiger partial charge in [0.05, 0.1) is 5.69 Å². The second-order valence-electron chi connectivity index (χ2n) is 6.09. The molecular formula is C21H19ClN2O4S. The predicted molar refractivity (Wildman–Crippen MR) is 111 cm³/mol. The molecule has 29 heavy (non-hydrogen) atoms. The number of nitrogens with one attached hydrogen (secondary N) is 1. The van der Waals surface area contributed by atoms with Gasteiger partial charge in [-0.25, -0.2) is 4.98 Å². The monoisotopic (exact) mass is 430 g/mol. The van der Waals surface area contributed by atoms with Crippen molar-refractivity contribution >= 4 is 34.8 Å². The molecule has 0 fully saturated rings. The number of hydrogen-bond acceptors (Lipinski definition) is 6. The molecule has 6 nitrogen and oxygen atoms in total. The first kappa shape index (κ1) is 20.8. The number of nitrogens with zero attached hydrogens (tertiary/aromatic N) is 1. The van der Waals surface area contributed by atoms with Crippen molar-refractivity contribution in [3.05, 3.63) is 80.8 Å². The summed E-state index contributed by atoms with van der Waals surface area (Å²) in [6.07, 6.45) is 0. The number of aryl methyl sites for hydroxylation is 1. The smallest absolute Gasteiger partial charge is 0.325 e. The Morgan fingerprint density at radius 2 is 1.79 bits per heavy atom. The molecule has 3 rings (SSSR count). The number of thiazole rings is 1. The first-order valence-electron chi connectivity index (χ1n) is 8.83. The number of rotatable bonds is 8. The third kappa shape index (κ3) is 6.30. The van der Waals surface area contributed by atoms with Gasteiger partial charge in [-0.05, 0) is 36.8 Å². The van der Waals surface area contributed by atoms with Gasteiger partial charge in [0.25, 0.3) is 5.91 Å². The molecule has 0 saturated carbocycles. The highest BCUT2D eigenvalue weighted by Gasteiger charge is 2.17. The molecular weight excluding hydrogens is 412 g/mol. The summed E-state index contributed by atoms with van der Waals surface area (Å²) in [5, 5.41) is 3.86. The van der Waals surface area contributed by atoms with E-state index < -0.39 is 5.97 Å². The number of benzene rings is 2. The van der Waals surface area contributed by atoms with E-state index in [1.807, 2.05) is 30.3 Å². The van der Waals surface area contributed by atoms with Crippen molar-refractivity contribution in [2.45, 2.75) is 20.1 Å². The Morgan fingerprint density at radius 3 is 2.52 bits per heavy atom. The predicted octanol–water partition coefficient (Wildman–Crippen LogP) is 4.16. The summed E-state index contributed by atoms with van der Waals surface area (Å²) in [7, 11) is 0. The number of aromatic nitrogens is 1. The molecule has 2 aromatic carbocycles. The molecule has 1 aromatic heterocycles. The van der Waals surface area contributed by atoms with E-state index in [0.717, 1.165) is 5.56 Å². The number of amides is 1. The van der Waals surface area contributed by atoms with Gasteiger partial charge < -0.3 is 14.8 Å². The molecule has 1 heterocycles. The molecule has 0 radical (unpaired) electrons. The highest BCUT2D eigenvalue weighted by atomic mass is 35.5. The first-order chi connectivity index (χ1) is 14.0. The van der Waals surface area contributed by atoms with Crippen molar-refractivity contribution in [2.75, 3.05) is 6.54 Å². The molecule has 0 unspecified atom stereocenters. The van der Waals surface area contributed by atoms with Gasteiger partial charge in [0.15, 0.2) is 0 Å². The van der Waals surface area contributed by atoms with E-state index >= 15 is 0 Å². The van der Waals surface area contributed by atoms with Gasteiger partial charge >= 0.3 is 5.97 Å². The topological polar surface area (TPSA) is 77.5 Å². The number of carbonyl (C=O) groups excluding carboxylic acids is 2. The van der Waals surface area contributed by atoms with Crippen molar-refractivity contribution in [2.24, 2.45) is 0 Å². The van der Waals surface area contributed by atoms with Crippen molar-refractivity contribution in [1.82, 2.24) is 10.3 Å². The third-order valence-corrected chi connectivity index (χ3v) is 5.24. The maximum atomic E-state index is 12.4. The Labute approximate surface area is 177 Å². The minimum absolute atomic E-state index is 0.168. The first-order valence-corrected chi connectivity index (χ1v) is 10.0. The van der Waals surface area contributed by atoms with Crippen LogP contribution in [-0.4, -0.2) is 23.4 Å². The lowest BCUT2D eigenvalue weighted by atomic mass is 10.2. The molecule has 0 atom stereocenters. The fraction of sp³-hybridized carbons (Fsp3) is 0.190. The van der Waals surface area contributed by atoms with Crippen molar-refractivity contribution in [3.63, 3.8) is 0 Å². The van der Waals surface area contributed by atoms with Gasteiger partial charge in [0.2, 0.25) is 0 Å². The number of hydrogen-bond donors (Lipinski definition) is 1. The number of ether oxygens (including phenoxy) is 2. The molecule has 3 aromatic rings. The molecule has 0 spiro atoms. The number of carbonyl (C=O) groups is 2. The van der Waals surface area contributed by atoms with Crippen LogP contribution in [-0.2, 0) is 22.7 Å². The second-order valence-corrected chi connectivity index (χ2v) is 7.61. The Hall–Kier alpha value is -2.90. The van der Waals surface area contributed by atoms with Crippen LogP contribution < -0.4 is 10.1 Å². The minimum atomic E-state index is -0.504. The van der Waals surface area contributed by atoms with Crippen LogP contribution in [0, 0.1) is 6.92 Å². The summed E-state index contributed by atoms with van der Waals surface area (Å²) < 4.78 is 10.8. The fourth-order valence-electron chi connectivity index (χ4n) is 2.42. The van der Waals surface area contributed by atoms with Gasteiger partial charge in [-0.15, -0.1) is 11.3 Å². The summed E-state index contributed by atoms with van der Waals surface area (Å²) in [6.45, 7) is 1.94. The van der Waals surface area contributed by atoms with E-state index in [4.69, 9.17) is 21.1 Å². The quantitative estimate of drug-likeness (QED) is 0.543. The molecule has 1 amide bonds. The van der Waals surface area contributed by atoms with E-state index in [9.17, 15) is 9.59 Å². The SMILES string of the molecule is Cc1nc(COc2ccc(Cl)cc2)sc1C(=O)NCC(=O)OCc1ccccc1. The second kappa shape index (κ2) is 10.0. The third-order valence-electron chi connectivity index (χ3n) is 3.86. The summed E-state index contributed by atoms with van der Waals surface area (Å²) in [5.41, 5.74) is 1.47. The Balaban J connectivity index is 1.47. The van der Waals surface area contributed by atoms with Crippen LogP contribution in [0.15, 0.2) is 54.6 Å². The van der Waals surface area contributed by atoms with E-state index in [0.29, 0.717) is 26.4 Å². The van der Waals surface area contributed by atoms with Crippen LogP contribution in [0.1, 0.15) is 25.9 Å². The zero-order valence-corrected chi connectivity index (χ0v) is 17.3. The molecule has 0 bridgehead atoms. The maximum Gasteiger partial charge on any atom is 0.325 e. The standard InChI is InChI=1S/C21H19ClN2O4S/c1-14-20(29-18(24-14)13-27-17-9-7-16(22)8-10-17)21(26)23-11-19(25)28-12-15-5-3-2-4-6-15/h2-10H,11-13H2,1H3,(H,23,26). The van der Waals surface area contributed by atoms with E-state index in [-0.39, 0.29) is 25.7 Å². The van der Waals surface area contributed by atoms with Crippen LogP contribution in [0.5, 0.6) is 5.75 Å². The summed E-state index contributed by atoms with van der Waals surface area (Å²) >= 11 is 7.07. The van der Waals surface area contributed by atoms with E-state index in [2.05, 4.69) is 10.3 Å². The zero-order valence-electron chi connectivity index (χ0n) is 15.7. The summed E-state index contributed by atoms with van der Waals surface area (Å²) in [5.74, 6) is -0.209. The lowest BCUT2D eigenvalue weighted by Crippen LogP contribution is -2.30. The number of halogens is 1. The van der Waals surface area contributed by atoms with Gasteiger partial charge in [0.1, 0.15) is 35.4 Å². The van der Waals surface area contributed by atoms with Crippen LogP contribution >= 0.6 is 22.9 Å². The molecule has 0 aliphatic carbocycles. The van der Waals surface area contributed by atoms with Crippen LogP contribution in [0.4, 0.5) is 0 Å². The van der Waals surface area contributed by atoms with Crippen LogP contribution in [0.2, 0.25) is 5.02 Å². The minimum Gasteiger partial charge on any atom is -0.486 e. The molecule has 8 heteroatoms. The fourth-order valence-corrected chi connectivity index (χ4v) is 3.44. The summed E-state index contributed by atoms with van der Waals surface area (Å²) in [6, 6.07) is 16.3. The molecule has 0 saturated heterocycles. The Morgan fingerprint density at radius 1 is 1.07 bits per heavy atom. The van der Waals surface area contributed by atoms with E-state index in [1.54, 1.807) is 31.2 Å². The molecule has 0 aliphatic heterocycles. The van der Waals surface area contributed by atoms with Gasteiger partial charge in [-0.1, -0.05) is 41.9 Å². The largest absolute Gasteiger partial charge is 0.486 e. The normalized spacial score (nSPS) is 10.4. The van der Waals surface area contributed by atoms with Gasteiger partial charge in [-0.3, -0.25) is 9.59 Å². The van der Waals surface area contributed by atoms with Crippen molar-refractivity contribution < 1.29 is 19.1 Å². The van der Waals surface area contributed by atoms with Crippen LogP contribution in [0.25, 0.3) is 0 Å². The zero-order chi connectivity index (χ0) is 20.6. The maximum absolute atomic E-state index is 12.4. The van der Waals surface area contributed by atoms with Gasteiger partial charge in [-0.2, -0.15) is 0 Å². The average Bonchev–Trinajstić information content (AvgIpc) is 3.11. The van der Waals surface area contributed by atoms with Crippen molar-refractivity contribution in [3.8, 4) is 5.75 Å². The molecule has 150 valence electrons. The average molecular weight is 431 g/mol. The highest BCUT2D eigenvalue weighted by Crippen LogP contribution is 2.21. The summed E-state index contributed by atoms with van der Waals surface area (Å²) in [4.78, 5) is 29.0. The molecule has 0 aliphatic rings. The van der Waals surface area contributed by atoms with Crippen LogP contribution in [0.3, 0.4) is 0 Å². The molecule has 1 N–H and O–H groups in total. The van der Waals surface area contributed by atoms with E-state index in [1.165, 1.54) is 11.3 Å². The highest BCUT2D eigenvalue weighted by molar-refractivity contribution is 7.13. The Bertz CT molecular complexity index is 974.